The van der Waals surface area contributed by atoms with Gasteiger partial charge >= 0.3 is 0 Å². The number of rotatable bonds is 5. The van der Waals surface area contributed by atoms with E-state index >= 15 is 0 Å². The molecule has 1 N–H and O–H groups in total. The van der Waals surface area contributed by atoms with Crippen molar-refractivity contribution in [2.75, 3.05) is 5.32 Å². The van der Waals surface area contributed by atoms with Gasteiger partial charge in [0.15, 0.2) is 0 Å². The molecule has 1 aromatic carbocycles. The third-order valence-corrected chi connectivity index (χ3v) is 3.34. The van der Waals surface area contributed by atoms with Gasteiger partial charge < -0.3 is 5.32 Å². The SMILES string of the molecule is C=CCCc1ccccc1NC(=O)[C@@H]1C[C@@H]1C. The summed E-state index contributed by atoms with van der Waals surface area (Å²) in [7, 11) is 0. The summed E-state index contributed by atoms with van der Waals surface area (Å²) in [5.74, 6) is 0.946. The van der Waals surface area contributed by atoms with Crippen LogP contribution in [0.3, 0.4) is 0 Å². The first-order valence-corrected chi connectivity index (χ1v) is 6.22. The van der Waals surface area contributed by atoms with Crippen LogP contribution >= 0.6 is 0 Å². The first kappa shape index (κ1) is 11.9. The molecule has 1 aliphatic carbocycles. The number of nitrogens with one attached hydrogen (secondary N) is 1. The number of carbonyl (C=O) groups is 1. The first-order chi connectivity index (χ1) is 8.22. The van der Waals surface area contributed by atoms with Gasteiger partial charge in [-0.25, -0.2) is 0 Å². The van der Waals surface area contributed by atoms with E-state index in [1.54, 1.807) is 0 Å². The van der Waals surface area contributed by atoms with Crippen molar-refractivity contribution in [3.05, 3.63) is 42.5 Å². The van der Waals surface area contributed by atoms with Crippen LogP contribution in [0.15, 0.2) is 36.9 Å². The molecule has 2 atom stereocenters. The number of allylic oxidation sites excluding steroid dienone is 1. The standard InChI is InChI=1S/C15H19NO/c1-3-4-7-12-8-5-6-9-14(12)16-15(17)13-10-11(13)2/h3,5-6,8-9,11,13H,1,4,7,10H2,2H3,(H,16,17)/t11-,13+/m0/s1. The number of benzene rings is 1. The molecular weight excluding hydrogens is 210 g/mol. The Balaban J connectivity index is 2.03. The number of anilines is 1. The van der Waals surface area contributed by atoms with E-state index in [2.05, 4.69) is 24.9 Å². The topological polar surface area (TPSA) is 29.1 Å². The molecule has 2 heteroatoms. The maximum atomic E-state index is 11.9. The normalized spacial score (nSPS) is 21.9. The minimum atomic E-state index is 0.170. The van der Waals surface area contributed by atoms with Crippen LogP contribution in [0.4, 0.5) is 5.69 Å². The third kappa shape index (κ3) is 2.96. The Kier molecular flexibility index (Phi) is 3.62. The van der Waals surface area contributed by atoms with Crippen LogP contribution in [-0.4, -0.2) is 5.91 Å². The molecule has 0 aromatic heterocycles. The quantitative estimate of drug-likeness (QED) is 0.770. The summed E-state index contributed by atoms with van der Waals surface area (Å²) in [5.41, 5.74) is 2.15. The molecular formula is C15H19NO. The van der Waals surface area contributed by atoms with Crippen LogP contribution < -0.4 is 5.32 Å². The summed E-state index contributed by atoms with van der Waals surface area (Å²) >= 11 is 0. The van der Waals surface area contributed by atoms with Gasteiger partial charge in [-0.05, 0) is 36.8 Å². The number of hydrogen-bond donors (Lipinski definition) is 1. The molecule has 1 aliphatic rings. The maximum Gasteiger partial charge on any atom is 0.227 e. The Hall–Kier alpha value is -1.57. The molecule has 0 spiro atoms. The van der Waals surface area contributed by atoms with Crippen LogP contribution in [0.1, 0.15) is 25.3 Å². The Morgan fingerprint density at radius 2 is 2.24 bits per heavy atom. The average Bonchev–Trinajstić information content (AvgIpc) is 3.05. The summed E-state index contributed by atoms with van der Waals surface area (Å²) in [6, 6.07) is 8.01. The van der Waals surface area contributed by atoms with E-state index < -0.39 is 0 Å². The van der Waals surface area contributed by atoms with Crippen LogP contribution in [0.25, 0.3) is 0 Å². The Labute approximate surface area is 103 Å². The lowest BCUT2D eigenvalue weighted by atomic mass is 10.1. The number of aryl methyl sites for hydroxylation is 1. The molecule has 1 aromatic rings. The van der Waals surface area contributed by atoms with Gasteiger partial charge in [-0.2, -0.15) is 0 Å². The predicted octanol–water partition coefficient (Wildman–Crippen LogP) is 3.40. The average molecular weight is 229 g/mol. The second-order valence-electron chi connectivity index (χ2n) is 4.79. The fraction of sp³-hybridized carbons (Fsp3) is 0.400. The smallest absolute Gasteiger partial charge is 0.227 e. The molecule has 0 bridgehead atoms. The zero-order valence-corrected chi connectivity index (χ0v) is 10.3. The zero-order chi connectivity index (χ0) is 12.3. The van der Waals surface area contributed by atoms with Gasteiger partial charge in [0.1, 0.15) is 0 Å². The first-order valence-electron chi connectivity index (χ1n) is 6.22. The van der Waals surface area contributed by atoms with Crippen LogP contribution in [0.5, 0.6) is 0 Å². The lowest BCUT2D eigenvalue weighted by Crippen LogP contribution is -2.15. The molecule has 17 heavy (non-hydrogen) atoms. The highest BCUT2D eigenvalue weighted by Crippen LogP contribution is 2.38. The molecule has 2 nitrogen and oxygen atoms in total. The van der Waals surface area contributed by atoms with Crippen molar-refractivity contribution in [3.8, 4) is 0 Å². The van der Waals surface area contributed by atoms with Gasteiger partial charge in [-0.1, -0.05) is 31.2 Å². The fourth-order valence-electron chi connectivity index (χ4n) is 2.03. The van der Waals surface area contributed by atoms with E-state index in [0.29, 0.717) is 5.92 Å². The van der Waals surface area contributed by atoms with Crippen LogP contribution in [0.2, 0.25) is 0 Å². The summed E-state index contributed by atoms with van der Waals surface area (Å²) in [6.07, 6.45) is 4.80. The van der Waals surface area contributed by atoms with Gasteiger partial charge in [0.2, 0.25) is 5.91 Å². The van der Waals surface area contributed by atoms with Crippen molar-refractivity contribution in [1.82, 2.24) is 0 Å². The second kappa shape index (κ2) is 5.17. The molecule has 90 valence electrons. The van der Waals surface area contributed by atoms with Crippen molar-refractivity contribution in [3.63, 3.8) is 0 Å². The largest absolute Gasteiger partial charge is 0.326 e. The zero-order valence-electron chi connectivity index (χ0n) is 10.3. The maximum absolute atomic E-state index is 11.9. The molecule has 1 amide bonds. The summed E-state index contributed by atoms with van der Waals surface area (Å²) < 4.78 is 0. The minimum Gasteiger partial charge on any atom is -0.326 e. The van der Waals surface area contributed by atoms with Crippen LogP contribution in [0, 0.1) is 11.8 Å². The summed E-state index contributed by atoms with van der Waals surface area (Å²) in [6.45, 7) is 5.85. The highest BCUT2D eigenvalue weighted by molar-refractivity contribution is 5.95. The summed E-state index contributed by atoms with van der Waals surface area (Å²) in [5, 5.41) is 3.04. The second-order valence-corrected chi connectivity index (χ2v) is 4.79. The van der Waals surface area contributed by atoms with E-state index in [-0.39, 0.29) is 11.8 Å². The predicted molar refractivity (Wildman–Crippen MR) is 70.9 cm³/mol. The van der Waals surface area contributed by atoms with E-state index in [0.717, 1.165) is 24.9 Å². The van der Waals surface area contributed by atoms with Gasteiger partial charge in [0, 0.05) is 11.6 Å². The van der Waals surface area contributed by atoms with Gasteiger partial charge in [0.05, 0.1) is 0 Å². The van der Waals surface area contributed by atoms with E-state index in [4.69, 9.17) is 0 Å². The van der Waals surface area contributed by atoms with Gasteiger partial charge in [0.25, 0.3) is 0 Å². The number of hydrogen-bond acceptors (Lipinski definition) is 1. The molecule has 1 fully saturated rings. The van der Waals surface area contributed by atoms with Gasteiger partial charge in [-0.3, -0.25) is 4.79 Å². The molecule has 0 saturated heterocycles. The Bertz CT molecular complexity index is 425. The van der Waals surface area contributed by atoms with Crippen molar-refractivity contribution >= 4 is 11.6 Å². The van der Waals surface area contributed by atoms with Crippen molar-refractivity contribution < 1.29 is 4.79 Å². The lowest BCUT2D eigenvalue weighted by Gasteiger charge is -2.10. The monoisotopic (exact) mass is 229 g/mol. The molecule has 0 radical (unpaired) electrons. The summed E-state index contributed by atoms with van der Waals surface area (Å²) in [4.78, 5) is 11.9. The van der Waals surface area contributed by atoms with Crippen LogP contribution in [-0.2, 0) is 11.2 Å². The number of amides is 1. The molecule has 1 saturated carbocycles. The lowest BCUT2D eigenvalue weighted by molar-refractivity contribution is -0.117. The highest BCUT2D eigenvalue weighted by atomic mass is 16.2. The Morgan fingerprint density at radius 1 is 1.53 bits per heavy atom. The highest BCUT2D eigenvalue weighted by Gasteiger charge is 2.39. The Morgan fingerprint density at radius 3 is 2.88 bits per heavy atom. The minimum absolute atomic E-state index is 0.170. The third-order valence-electron chi connectivity index (χ3n) is 3.34. The van der Waals surface area contributed by atoms with Crippen molar-refractivity contribution in [2.45, 2.75) is 26.2 Å². The van der Waals surface area contributed by atoms with Crippen molar-refractivity contribution in [1.29, 1.82) is 0 Å². The molecule has 0 unspecified atom stereocenters. The van der Waals surface area contributed by atoms with E-state index in [9.17, 15) is 4.79 Å². The number of para-hydroxylation sites is 1. The van der Waals surface area contributed by atoms with Crippen molar-refractivity contribution in [2.24, 2.45) is 11.8 Å². The number of carbonyl (C=O) groups excluding carboxylic acids is 1. The fourth-order valence-corrected chi connectivity index (χ4v) is 2.03. The molecule has 0 aliphatic heterocycles. The molecule has 0 heterocycles. The van der Waals surface area contributed by atoms with E-state index in [1.165, 1.54) is 5.56 Å². The van der Waals surface area contributed by atoms with Gasteiger partial charge in [-0.15, -0.1) is 6.58 Å². The molecule has 2 rings (SSSR count). The van der Waals surface area contributed by atoms with E-state index in [1.807, 2.05) is 24.3 Å².